The molecule has 4 aliphatic rings. The topological polar surface area (TPSA) is 34.1 Å². The van der Waals surface area contributed by atoms with Crippen molar-refractivity contribution in [3.8, 4) is 0 Å². The van der Waals surface area contributed by atoms with E-state index in [1.807, 2.05) is 6.92 Å². The fourth-order valence-electron chi connectivity index (χ4n) is 6.84. The van der Waals surface area contributed by atoms with Crippen molar-refractivity contribution < 1.29 is 17.2 Å². The fraction of sp³-hybridized carbons (Fsp3) is 1.00. The Bertz CT molecular complexity index is 573. The van der Waals surface area contributed by atoms with Gasteiger partial charge >= 0.3 is 5.25 Å². The van der Waals surface area contributed by atoms with E-state index in [1.165, 1.54) is 19.3 Å². The van der Waals surface area contributed by atoms with Gasteiger partial charge in [-0.05, 0) is 73.0 Å². The normalized spacial score (nSPS) is 51.6. The van der Waals surface area contributed by atoms with Crippen LogP contribution in [0, 0.1) is 40.9 Å². The van der Waals surface area contributed by atoms with Crippen molar-refractivity contribution in [2.45, 2.75) is 50.7 Å². The van der Waals surface area contributed by atoms with Crippen molar-refractivity contribution in [1.29, 1.82) is 0 Å². The van der Waals surface area contributed by atoms with Gasteiger partial charge in [0.15, 0.2) is 0 Å². The second-order valence-corrected chi connectivity index (χ2v) is 10.7. The zero-order valence-electron chi connectivity index (χ0n) is 12.7. The predicted octanol–water partition coefficient (Wildman–Crippen LogP) is 3.72. The van der Waals surface area contributed by atoms with E-state index in [0.29, 0.717) is 24.0 Å². The van der Waals surface area contributed by atoms with Crippen LogP contribution in [-0.2, 0) is 9.84 Å². The summed E-state index contributed by atoms with van der Waals surface area (Å²) in [4.78, 5) is 0. The van der Waals surface area contributed by atoms with E-state index < -0.39 is 26.9 Å². The molecular weight excluding hydrogens is 294 g/mol. The van der Waals surface area contributed by atoms with E-state index in [9.17, 15) is 17.2 Å². The zero-order chi connectivity index (χ0) is 15.2. The number of hydrogen-bond donors (Lipinski definition) is 0. The monoisotopic (exact) mass is 318 g/mol. The summed E-state index contributed by atoms with van der Waals surface area (Å²) in [6, 6.07) is 0. The molecule has 120 valence electrons. The summed E-state index contributed by atoms with van der Waals surface area (Å²) < 4.78 is 51.0. The van der Waals surface area contributed by atoms with Crippen LogP contribution in [0.5, 0.6) is 0 Å². The molecule has 0 aliphatic heterocycles. The maximum absolute atomic E-state index is 14.1. The third-order valence-corrected chi connectivity index (χ3v) is 8.62. The number of sulfone groups is 1. The molecule has 0 aromatic heterocycles. The third kappa shape index (κ3) is 1.82. The van der Waals surface area contributed by atoms with Crippen LogP contribution in [0.2, 0.25) is 0 Å². The van der Waals surface area contributed by atoms with Gasteiger partial charge in [0.05, 0.1) is 0 Å². The Morgan fingerprint density at radius 1 is 1.10 bits per heavy atom. The molecule has 2 nitrogen and oxygen atoms in total. The van der Waals surface area contributed by atoms with Crippen molar-refractivity contribution in [3.63, 3.8) is 0 Å². The molecular formula is C16H24F2O2S. The lowest BCUT2D eigenvalue weighted by molar-refractivity contribution is -0.0244. The van der Waals surface area contributed by atoms with Gasteiger partial charge in [0.1, 0.15) is 0 Å². The molecule has 4 bridgehead atoms. The van der Waals surface area contributed by atoms with E-state index in [0.717, 1.165) is 30.6 Å². The molecule has 0 aromatic rings. The van der Waals surface area contributed by atoms with E-state index in [4.69, 9.17) is 0 Å². The lowest BCUT2D eigenvalue weighted by Crippen LogP contribution is -2.43. The lowest BCUT2D eigenvalue weighted by Gasteiger charge is -2.45. The summed E-state index contributed by atoms with van der Waals surface area (Å²) in [5.74, 6) is 3.87. The Morgan fingerprint density at radius 2 is 1.71 bits per heavy atom. The average Bonchev–Trinajstić information content (AvgIpc) is 3.00. The van der Waals surface area contributed by atoms with Gasteiger partial charge in [-0.3, -0.25) is 0 Å². The first-order chi connectivity index (χ1) is 9.62. The predicted molar refractivity (Wildman–Crippen MR) is 76.5 cm³/mol. The summed E-state index contributed by atoms with van der Waals surface area (Å²) in [6.07, 6.45) is 6.00. The molecule has 7 unspecified atom stereocenters. The summed E-state index contributed by atoms with van der Waals surface area (Å²) in [7, 11) is -4.31. The highest BCUT2D eigenvalue weighted by Crippen LogP contribution is 2.73. The van der Waals surface area contributed by atoms with E-state index in [2.05, 4.69) is 0 Å². The van der Waals surface area contributed by atoms with Crippen LogP contribution >= 0.6 is 0 Å². The first kappa shape index (κ1) is 14.4. The van der Waals surface area contributed by atoms with Gasteiger partial charge in [0, 0.05) is 12.7 Å². The Labute approximate surface area is 125 Å². The maximum atomic E-state index is 14.1. The van der Waals surface area contributed by atoms with Gasteiger partial charge in [-0.1, -0.05) is 6.92 Å². The molecule has 0 aromatic carbocycles. The number of hydrogen-bond acceptors (Lipinski definition) is 2. The highest BCUT2D eigenvalue weighted by molar-refractivity contribution is 7.91. The van der Waals surface area contributed by atoms with Crippen LogP contribution < -0.4 is 0 Å². The maximum Gasteiger partial charge on any atom is 0.345 e. The Balaban J connectivity index is 1.61. The minimum absolute atomic E-state index is 0.329. The highest BCUT2D eigenvalue weighted by atomic mass is 32.2. The van der Waals surface area contributed by atoms with Crippen molar-refractivity contribution >= 4 is 9.84 Å². The zero-order valence-corrected chi connectivity index (χ0v) is 13.5. The summed E-state index contributed by atoms with van der Waals surface area (Å²) in [5.41, 5.74) is -0.483. The minimum Gasteiger partial charge on any atom is -0.223 e. The fourth-order valence-corrected chi connectivity index (χ4v) is 7.43. The van der Waals surface area contributed by atoms with E-state index in [1.54, 1.807) is 0 Å². The van der Waals surface area contributed by atoms with E-state index in [-0.39, 0.29) is 0 Å². The average molecular weight is 318 g/mol. The van der Waals surface area contributed by atoms with Gasteiger partial charge in [-0.25, -0.2) is 8.42 Å². The first-order valence-electron chi connectivity index (χ1n) is 8.20. The molecule has 4 fully saturated rings. The minimum atomic E-state index is -4.31. The van der Waals surface area contributed by atoms with Crippen molar-refractivity contribution in [3.05, 3.63) is 0 Å². The number of fused-ring (bicyclic) bond motifs is 9. The molecule has 0 N–H and O–H groups in total. The van der Waals surface area contributed by atoms with Crippen LogP contribution in [-0.4, -0.2) is 19.9 Å². The molecule has 0 heterocycles. The number of alkyl halides is 2. The smallest absolute Gasteiger partial charge is 0.223 e. The van der Waals surface area contributed by atoms with Gasteiger partial charge < -0.3 is 0 Å². The summed E-state index contributed by atoms with van der Waals surface area (Å²) in [5, 5.41) is -3.57. The highest BCUT2D eigenvalue weighted by Gasteiger charge is 2.67. The van der Waals surface area contributed by atoms with Crippen LogP contribution in [0.1, 0.15) is 45.4 Å². The number of rotatable bonds is 3. The van der Waals surface area contributed by atoms with Gasteiger partial charge in [-0.15, -0.1) is 0 Å². The summed E-state index contributed by atoms with van der Waals surface area (Å²) in [6.45, 7) is 1.93. The first-order valence-corrected chi connectivity index (χ1v) is 10.1. The SMILES string of the molecule is CC1(CC(F)(F)S(C)(=O)=O)CC2CC1C1C3CCC(C3)C21. The van der Waals surface area contributed by atoms with Gasteiger partial charge in [0.25, 0.3) is 0 Å². The standard InChI is InChI=1S/C16H24F2O2S/c1-15(8-16(17,18)21(2,19)20)7-11-6-12(15)14-10-4-3-9(5-10)13(11)14/h9-14H,3-8H2,1-2H3. The molecule has 7 atom stereocenters. The van der Waals surface area contributed by atoms with Crippen LogP contribution in [0.4, 0.5) is 8.78 Å². The largest absolute Gasteiger partial charge is 0.345 e. The molecule has 4 rings (SSSR count). The second kappa shape index (κ2) is 4.01. The molecule has 0 amide bonds. The van der Waals surface area contributed by atoms with Gasteiger partial charge in [-0.2, -0.15) is 8.78 Å². The third-order valence-electron chi connectivity index (χ3n) is 7.39. The molecule has 21 heavy (non-hydrogen) atoms. The Hall–Kier alpha value is -0.190. The van der Waals surface area contributed by atoms with Crippen LogP contribution in [0.15, 0.2) is 0 Å². The molecule has 5 heteroatoms. The molecule has 0 radical (unpaired) electrons. The van der Waals surface area contributed by atoms with Crippen molar-refractivity contribution in [1.82, 2.24) is 0 Å². The molecule has 4 aliphatic carbocycles. The lowest BCUT2D eigenvalue weighted by atomic mass is 9.60. The molecule has 0 saturated heterocycles. The van der Waals surface area contributed by atoms with E-state index >= 15 is 0 Å². The van der Waals surface area contributed by atoms with Crippen LogP contribution in [0.3, 0.4) is 0 Å². The summed E-state index contributed by atoms with van der Waals surface area (Å²) >= 11 is 0. The van der Waals surface area contributed by atoms with Crippen molar-refractivity contribution in [2.75, 3.05) is 6.26 Å². The molecule has 4 saturated carbocycles. The van der Waals surface area contributed by atoms with Crippen LogP contribution in [0.25, 0.3) is 0 Å². The van der Waals surface area contributed by atoms with Crippen molar-refractivity contribution in [2.24, 2.45) is 40.9 Å². The molecule has 0 spiro atoms. The number of halogens is 2. The quantitative estimate of drug-likeness (QED) is 0.743. The Kier molecular flexibility index (Phi) is 2.75. The Morgan fingerprint density at radius 3 is 2.33 bits per heavy atom. The second-order valence-electron chi connectivity index (χ2n) is 8.53. The van der Waals surface area contributed by atoms with Gasteiger partial charge in [0.2, 0.25) is 9.84 Å².